The molecule has 0 aromatic carbocycles. The van der Waals surface area contributed by atoms with Gasteiger partial charge in [0, 0.05) is 24.9 Å². The number of hydrogen-bond acceptors (Lipinski definition) is 5. The molecule has 1 amide bonds. The number of nitrogens with two attached hydrogens (primary N) is 1. The van der Waals surface area contributed by atoms with E-state index in [1.165, 1.54) is 6.39 Å². The van der Waals surface area contributed by atoms with Crippen LogP contribution in [0.5, 0.6) is 0 Å². The average molecular weight is 280 g/mol. The van der Waals surface area contributed by atoms with Crippen molar-refractivity contribution < 1.29 is 9.32 Å². The monoisotopic (exact) mass is 280 g/mol. The highest BCUT2D eigenvalue weighted by Gasteiger charge is 2.44. The van der Waals surface area contributed by atoms with Crippen LogP contribution in [0.1, 0.15) is 39.4 Å². The van der Waals surface area contributed by atoms with Crippen LogP contribution in [0, 0.1) is 17.3 Å². The van der Waals surface area contributed by atoms with Crippen molar-refractivity contribution in [2.24, 2.45) is 23.0 Å². The molecule has 3 atom stereocenters. The van der Waals surface area contributed by atoms with Gasteiger partial charge in [-0.2, -0.15) is 4.98 Å². The van der Waals surface area contributed by atoms with Gasteiger partial charge in [-0.15, -0.1) is 0 Å². The van der Waals surface area contributed by atoms with E-state index in [0.717, 1.165) is 12.8 Å². The van der Waals surface area contributed by atoms with E-state index in [0.29, 0.717) is 24.7 Å². The van der Waals surface area contributed by atoms with Crippen LogP contribution in [0.25, 0.3) is 0 Å². The summed E-state index contributed by atoms with van der Waals surface area (Å²) in [5.74, 6) is 1.08. The average Bonchev–Trinajstić information content (AvgIpc) is 2.89. The first-order chi connectivity index (χ1) is 9.43. The Morgan fingerprint density at radius 1 is 1.55 bits per heavy atom. The molecule has 6 nitrogen and oxygen atoms in total. The van der Waals surface area contributed by atoms with Crippen molar-refractivity contribution in [1.82, 2.24) is 15.5 Å². The first-order valence-corrected chi connectivity index (χ1v) is 7.21. The maximum Gasteiger partial charge on any atom is 0.223 e. The van der Waals surface area contributed by atoms with Gasteiger partial charge in [0.05, 0.1) is 0 Å². The van der Waals surface area contributed by atoms with Gasteiger partial charge < -0.3 is 15.6 Å². The molecule has 0 aliphatic heterocycles. The molecular formula is C14H24N4O2. The summed E-state index contributed by atoms with van der Waals surface area (Å²) in [6.07, 6.45) is 3.65. The highest BCUT2D eigenvalue weighted by molar-refractivity contribution is 5.79. The Balaban J connectivity index is 1.88. The minimum atomic E-state index is -0.0755. The molecule has 1 aliphatic rings. The molecule has 0 bridgehead atoms. The Kier molecular flexibility index (Phi) is 4.42. The fourth-order valence-corrected chi connectivity index (χ4v) is 3.04. The quantitative estimate of drug-likeness (QED) is 0.862. The predicted molar refractivity (Wildman–Crippen MR) is 74.7 cm³/mol. The largest absolute Gasteiger partial charge is 0.355 e. The Morgan fingerprint density at radius 2 is 2.30 bits per heavy atom. The van der Waals surface area contributed by atoms with E-state index < -0.39 is 0 Å². The lowest BCUT2D eigenvalue weighted by Gasteiger charge is -2.46. The van der Waals surface area contributed by atoms with E-state index in [-0.39, 0.29) is 23.3 Å². The van der Waals surface area contributed by atoms with Crippen LogP contribution in [0.4, 0.5) is 0 Å². The lowest BCUT2D eigenvalue weighted by molar-refractivity contribution is -0.132. The Hall–Kier alpha value is -1.43. The minimum Gasteiger partial charge on any atom is -0.355 e. The number of nitrogens with zero attached hydrogens (tertiary/aromatic N) is 2. The molecule has 3 N–H and O–H groups in total. The van der Waals surface area contributed by atoms with Gasteiger partial charge in [-0.05, 0) is 24.2 Å². The Morgan fingerprint density at radius 3 is 2.95 bits per heavy atom. The molecule has 1 aromatic rings. The van der Waals surface area contributed by atoms with Gasteiger partial charge >= 0.3 is 0 Å². The SMILES string of the molecule is CC1C(N)CCC(C(=O)NCCc2ncon2)C1(C)C. The van der Waals surface area contributed by atoms with Crippen molar-refractivity contribution in [2.75, 3.05) is 6.54 Å². The highest BCUT2D eigenvalue weighted by atomic mass is 16.5. The van der Waals surface area contributed by atoms with Crippen LogP contribution in [-0.2, 0) is 11.2 Å². The van der Waals surface area contributed by atoms with E-state index in [4.69, 9.17) is 5.73 Å². The molecule has 3 unspecified atom stereocenters. The van der Waals surface area contributed by atoms with Crippen LogP contribution in [0.15, 0.2) is 10.9 Å². The van der Waals surface area contributed by atoms with Crippen molar-refractivity contribution in [3.05, 3.63) is 12.2 Å². The lowest BCUT2D eigenvalue weighted by atomic mass is 9.61. The molecule has 1 saturated carbocycles. The zero-order chi connectivity index (χ0) is 14.8. The molecule has 1 aliphatic carbocycles. The van der Waals surface area contributed by atoms with E-state index in [2.05, 4.69) is 40.8 Å². The van der Waals surface area contributed by atoms with Crippen molar-refractivity contribution in [2.45, 2.75) is 46.1 Å². The van der Waals surface area contributed by atoms with E-state index in [1.807, 2.05) is 0 Å². The summed E-state index contributed by atoms with van der Waals surface area (Å²) in [5, 5.41) is 6.70. The van der Waals surface area contributed by atoms with Gasteiger partial charge in [-0.25, -0.2) is 0 Å². The summed E-state index contributed by atoms with van der Waals surface area (Å²) >= 11 is 0. The maximum atomic E-state index is 12.4. The highest BCUT2D eigenvalue weighted by Crippen LogP contribution is 2.44. The second-order valence-corrected chi connectivity index (χ2v) is 6.29. The van der Waals surface area contributed by atoms with Crippen LogP contribution in [0.2, 0.25) is 0 Å². The topological polar surface area (TPSA) is 94.0 Å². The maximum absolute atomic E-state index is 12.4. The van der Waals surface area contributed by atoms with Crippen LogP contribution in [0.3, 0.4) is 0 Å². The summed E-state index contributed by atoms with van der Waals surface area (Å²) in [4.78, 5) is 16.3. The molecule has 2 rings (SSSR count). The zero-order valence-corrected chi connectivity index (χ0v) is 12.4. The third-order valence-corrected chi connectivity index (χ3v) is 4.87. The molecule has 20 heavy (non-hydrogen) atoms. The van der Waals surface area contributed by atoms with Crippen molar-refractivity contribution >= 4 is 5.91 Å². The number of amides is 1. The molecule has 1 heterocycles. The number of carbonyl (C=O) groups excluding carboxylic acids is 1. The molecule has 0 spiro atoms. The van der Waals surface area contributed by atoms with Gasteiger partial charge in [0.25, 0.3) is 0 Å². The molecule has 0 saturated heterocycles. The zero-order valence-electron chi connectivity index (χ0n) is 12.4. The molecule has 1 fully saturated rings. The first-order valence-electron chi connectivity index (χ1n) is 7.21. The lowest BCUT2D eigenvalue weighted by Crippen LogP contribution is -2.51. The number of rotatable bonds is 4. The number of nitrogens with one attached hydrogen (secondary N) is 1. The Labute approximate surface area is 119 Å². The summed E-state index contributed by atoms with van der Waals surface area (Å²) in [7, 11) is 0. The van der Waals surface area contributed by atoms with Gasteiger partial charge in [-0.1, -0.05) is 25.9 Å². The fraction of sp³-hybridized carbons (Fsp3) is 0.786. The third-order valence-electron chi connectivity index (χ3n) is 4.87. The minimum absolute atomic E-state index is 0.0163. The van der Waals surface area contributed by atoms with Gasteiger partial charge in [0.15, 0.2) is 5.82 Å². The van der Waals surface area contributed by atoms with E-state index >= 15 is 0 Å². The number of aromatic nitrogens is 2. The number of carbonyl (C=O) groups is 1. The second-order valence-electron chi connectivity index (χ2n) is 6.29. The van der Waals surface area contributed by atoms with Gasteiger partial charge in [0.2, 0.25) is 12.3 Å². The molecule has 6 heteroatoms. The molecular weight excluding hydrogens is 256 g/mol. The molecule has 0 radical (unpaired) electrons. The van der Waals surface area contributed by atoms with Gasteiger partial charge in [0.1, 0.15) is 0 Å². The van der Waals surface area contributed by atoms with Crippen LogP contribution in [-0.4, -0.2) is 28.6 Å². The standard InChI is InChI=1S/C14H24N4O2/c1-9-11(15)5-4-10(14(9,2)3)13(19)16-7-6-12-17-8-20-18-12/h8-11H,4-7,15H2,1-3H3,(H,16,19). The normalized spacial score (nSPS) is 29.1. The summed E-state index contributed by atoms with van der Waals surface area (Å²) in [6.45, 7) is 6.95. The van der Waals surface area contributed by atoms with E-state index in [9.17, 15) is 4.79 Å². The predicted octanol–water partition coefficient (Wildman–Crippen LogP) is 1.13. The number of hydrogen-bond donors (Lipinski definition) is 2. The van der Waals surface area contributed by atoms with Crippen LogP contribution >= 0.6 is 0 Å². The second kappa shape index (κ2) is 5.91. The molecule has 1 aromatic heterocycles. The van der Waals surface area contributed by atoms with Crippen molar-refractivity contribution in [3.63, 3.8) is 0 Å². The van der Waals surface area contributed by atoms with Crippen molar-refractivity contribution in [3.8, 4) is 0 Å². The third kappa shape index (κ3) is 3.00. The van der Waals surface area contributed by atoms with Crippen LogP contribution < -0.4 is 11.1 Å². The van der Waals surface area contributed by atoms with E-state index in [1.54, 1.807) is 0 Å². The fourth-order valence-electron chi connectivity index (χ4n) is 3.04. The summed E-state index contributed by atoms with van der Waals surface area (Å²) in [5.41, 5.74) is 6.05. The first kappa shape index (κ1) is 15.0. The van der Waals surface area contributed by atoms with Crippen molar-refractivity contribution in [1.29, 1.82) is 0 Å². The smallest absolute Gasteiger partial charge is 0.223 e. The summed E-state index contributed by atoms with van der Waals surface area (Å²) in [6, 6.07) is 0.188. The Bertz CT molecular complexity index is 444. The summed E-state index contributed by atoms with van der Waals surface area (Å²) < 4.78 is 4.66. The molecule has 112 valence electrons. The van der Waals surface area contributed by atoms with Gasteiger partial charge in [-0.3, -0.25) is 4.79 Å².